The molecule has 1 atom stereocenters. The zero-order chi connectivity index (χ0) is 15.0. The van der Waals surface area contributed by atoms with Crippen LogP contribution in [-0.4, -0.2) is 17.8 Å². The van der Waals surface area contributed by atoms with Crippen molar-refractivity contribution in [2.24, 2.45) is 5.92 Å². The van der Waals surface area contributed by atoms with Crippen LogP contribution in [0, 0.1) is 5.92 Å². The zero-order valence-electron chi connectivity index (χ0n) is 13.3. The second kappa shape index (κ2) is 8.85. The lowest BCUT2D eigenvalue weighted by molar-refractivity contribution is 0.317. The van der Waals surface area contributed by atoms with E-state index in [-0.39, 0.29) is 5.75 Å². The van der Waals surface area contributed by atoms with Gasteiger partial charge in [0.15, 0.2) is 11.5 Å². The number of hydrogen-bond donors (Lipinski definition) is 2. The van der Waals surface area contributed by atoms with E-state index in [4.69, 9.17) is 4.74 Å². The number of hydrogen-bond acceptors (Lipinski definition) is 3. The van der Waals surface area contributed by atoms with Gasteiger partial charge in [-0.15, -0.1) is 0 Å². The average molecular weight is 279 g/mol. The minimum absolute atomic E-state index is 0.209. The van der Waals surface area contributed by atoms with Crippen LogP contribution in [0.3, 0.4) is 0 Å². The third-order valence-electron chi connectivity index (χ3n) is 3.40. The second-order valence-electron chi connectivity index (χ2n) is 5.84. The van der Waals surface area contributed by atoms with Gasteiger partial charge in [-0.25, -0.2) is 0 Å². The predicted molar refractivity (Wildman–Crippen MR) is 84.3 cm³/mol. The SMILES string of the molecule is CCOc1cc(CNC(C)CCCC(C)C)ccc1O. The summed E-state index contributed by atoms with van der Waals surface area (Å²) in [6.45, 7) is 10.1. The summed E-state index contributed by atoms with van der Waals surface area (Å²) in [5.74, 6) is 1.56. The van der Waals surface area contributed by atoms with E-state index in [1.165, 1.54) is 19.3 Å². The van der Waals surface area contributed by atoms with Gasteiger partial charge in [0.25, 0.3) is 0 Å². The molecule has 1 aromatic carbocycles. The van der Waals surface area contributed by atoms with Crippen LogP contribution in [-0.2, 0) is 6.54 Å². The van der Waals surface area contributed by atoms with Gasteiger partial charge in [0, 0.05) is 12.6 Å². The summed E-state index contributed by atoms with van der Waals surface area (Å²) in [7, 11) is 0. The Balaban J connectivity index is 2.39. The quantitative estimate of drug-likeness (QED) is 0.715. The topological polar surface area (TPSA) is 41.5 Å². The van der Waals surface area contributed by atoms with Crippen LogP contribution < -0.4 is 10.1 Å². The molecule has 20 heavy (non-hydrogen) atoms. The Hall–Kier alpha value is -1.22. The molecule has 0 bridgehead atoms. The van der Waals surface area contributed by atoms with Crippen LogP contribution in [0.25, 0.3) is 0 Å². The van der Waals surface area contributed by atoms with E-state index >= 15 is 0 Å². The maximum atomic E-state index is 9.67. The Bertz CT molecular complexity index is 391. The molecule has 1 aromatic rings. The highest BCUT2D eigenvalue weighted by Gasteiger charge is 2.06. The Labute approximate surface area is 123 Å². The molecule has 0 aliphatic carbocycles. The average Bonchev–Trinajstić information content (AvgIpc) is 2.39. The Kier molecular flexibility index (Phi) is 7.45. The maximum Gasteiger partial charge on any atom is 0.161 e. The standard InChI is InChI=1S/C17H29NO2/c1-5-20-17-11-15(9-10-16(17)19)12-18-14(4)8-6-7-13(2)3/h9-11,13-14,18-19H,5-8,12H2,1-4H3. The van der Waals surface area contributed by atoms with Gasteiger partial charge in [0.05, 0.1) is 6.61 Å². The molecule has 2 N–H and O–H groups in total. The number of phenols is 1. The highest BCUT2D eigenvalue weighted by atomic mass is 16.5. The number of aromatic hydroxyl groups is 1. The molecule has 0 amide bonds. The Morgan fingerprint density at radius 1 is 1.20 bits per heavy atom. The molecule has 0 fully saturated rings. The second-order valence-corrected chi connectivity index (χ2v) is 5.84. The smallest absolute Gasteiger partial charge is 0.161 e. The monoisotopic (exact) mass is 279 g/mol. The highest BCUT2D eigenvalue weighted by molar-refractivity contribution is 5.41. The van der Waals surface area contributed by atoms with Crippen molar-refractivity contribution in [2.45, 2.75) is 59.5 Å². The maximum absolute atomic E-state index is 9.67. The van der Waals surface area contributed by atoms with Crippen LogP contribution in [0.1, 0.15) is 52.5 Å². The van der Waals surface area contributed by atoms with Gasteiger partial charge in [-0.1, -0.05) is 32.8 Å². The van der Waals surface area contributed by atoms with Gasteiger partial charge in [-0.2, -0.15) is 0 Å². The molecule has 1 rings (SSSR count). The summed E-state index contributed by atoms with van der Waals surface area (Å²) in [4.78, 5) is 0. The molecule has 3 heteroatoms. The molecule has 0 radical (unpaired) electrons. The van der Waals surface area contributed by atoms with Gasteiger partial charge in [0.2, 0.25) is 0 Å². The molecule has 0 aliphatic heterocycles. The van der Waals surface area contributed by atoms with Gasteiger partial charge < -0.3 is 15.2 Å². The van der Waals surface area contributed by atoms with Crippen molar-refractivity contribution in [3.8, 4) is 11.5 Å². The zero-order valence-corrected chi connectivity index (χ0v) is 13.3. The number of rotatable bonds is 9. The van der Waals surface area contributed by atoms with Crippen LogP contribution in [0.4, 0.5) is 0 Å². The summed E-state index contributed by atoms with van der Waals surface area (Å²) < 4.78 is 5.40. The fourth-order valence-corrected chi connectivity index (χ4v) is 2.17. The van der Waals surface area contributed by atoms with E-state index in [1.807, 2.05) is 19.1 Å². The van der Waals surface area contributed by atoms with Crippen LogP contribution in [0.15, 0.2) is 18.2 Å². The number of nitrogens with one attached hydrogen (secondary N) is 1. The molecule has 0 aromatic heterocycles. The van der Waals surface area contributed by atoms with Crippen molar-refractivity contribution in [3.05, 3.63) is 23.8 Å². The lowest BCUT2D eigenvalue weighted by Crippen LogP contribution is -2.25. The Morgan fingerprint density at radius 3 is 2.60 bits per heavy atom. The first-order chi connectivity index (χ1) is 9.52. The van der Waals surface area contributed by atoms with Crippen LogP contribution >= 0.6 is 0 Å². The molecule has 3 nitrogen and oxygen atoms in total. The Morgan fingerprint density at radius 2 is 1.95 bits per heavy atom. The van der Waals surface area contributed by atoms with E-state index < -0.39 is 0 Å². The summed E-state index contributed by atoms with van der Waals surface area (Å²) in [6, 6.07) is 6.06. The first-order valence-corrected chi connectivity index (χ1v) is 7.71. The molecular formula is C17H29NO2. The molecule has 0 heterocycles. The largest absolute Gasteiger partial charge is 0.504 e. The fraction of sp³-hybridized carbons (Fsp3) is 0.647. The lowest BCUT2D eigenvalue weighted by atomic mass is 10.0. The van der Waals surface area contributed by atoms with Crippen LogP contribution in [0.2, 0.25) is 0 Å². The number of phenolic OH excluding ortho intramolecular Hbond substituents is 1. The van der Waals surface area contributed by atoms with Crippen molar-refractivity contribution >= 4 is 0 Å². The van der Waals surface area contributed by atoms with Gasteiger partial charge >= 0.3 is 0 Å². The molecule has 1 unspecified atom stereocenters. The van der Waals surface area contributed by atoms with E-state index in [0.29, 0.717) is 18.4 Å². The van der Waals surface area contributed by atoms with Crippen molar-refractivity contribution < 1.29 is 9.84 Å². The van der Waals surface area contributed by atoms with Crippen molar-refractivity contribution in [3.63, 3.8) is 0 Å². The highest BCUT2D eigenvalue weighted by Crippen LogP contribution is 2.26. The van der Waals surface area contributed by atoms with Gasteiger partial charge in [-0.05, 0) is 43.9 Å². The number of ether oxygens (including phenoxy) is 1. The van der Waals surface area contributed by atoms with E-state index in [2.05, 4.69) is 26.1 Å². The summed E-state index contributed by atoms with van der Waals surface area (Å²) >= 11 is 0. The van der Waals surface area contributed by atoms with E-state index in [0.717, 1.165) is 18.0 Å². The first-order valence-electron chi connectivity index (χ1n) is 7.71. The third kappa shape index (κ3) is 6.29. The van der Waals surface area contributed by atoms with Crippen molar-refractivity contribution in [1.29, 1.82) is 0 Å². The number of benzene rings is 1. The molecule has 0 saturated heterocycles. The molecular weight excluding hydrogens is 250 g/mol. The summed E-state index contributed by atoms with van der Waals surface area (Å²) in [5, 5.41) is 13.2. The molecule has 0 saturated carbocycles. The van der Waals surface area contributed by atoms with Gasteiger partial charge in [-0.3, -0.25) is 0 Å². The van der Waals surface area contributed by atoms with Crippen molar-refractivity contribution in [2.75, 3.05) is 6.61 Å². The summed E-state index contributed by atoms with van der Waals surface area (Å²) in [6.07, 6.45) is 3.76. The van der Waals surface area contributed by atoms with E-state index in [9.17, 15) is 5.11 Å². The minimum Gasteiger partial charge on any atom is -0.504 e. The molecule has 0 aliphatic rings. The minimum atomic E-state index is 0.209. The summed E-state index contributed by atoms with van der Waals surface area (Å²) in [5.41, 5.74) is 1.14. The predicted octanol–water partition coefficient (Wildman–Crippen LogP) is 4.10. The van der Waals surface area contributed by atoms with Gasteiger partial charge in [0.1, 0.15) is 0 Å². The first kappa shape index (κ1) is 16.8. The molecule has 0 spiro atoms. The van der Waals surface area contributed by atoms with Crippen molar-refractivity contribution in [1.82, 2.24) is 5.32 Å². The third-order valence-corrected chi connectivity index (χ3v) is 3.40. The lowest BCUT2D eigenvalue weighted by Gasteiger charge is -2.15. The van der Waals surface area contributed by atoms with E-state index in [1.54, 1.807) is 6.07 Å². The molecule has 114 valence electrons. The fourth-order valence-electron chi connectivity index (χ4n) is 2.17. The normalized spacial score (nSPS) is 12.7. The van der Waals surface area contributed by atoms with Crippen LogP contribution in [0.5, 0.6) is 11.5 Å².